The van der Waals surface area contributed by atoms with Crippen molar-refractivity contribution in [3.63, 3.8) is 0 Å². The van der Waals surface area contributed by atoms with Crippen LogP contribution in [0.4, 0.5) is 0 Å². The average molecular weight is 181 g/mol. The number of amides is 1. The lowest BCUT2D eigenvalue weighted by Gasteiger charge is -2.21. The summed E-state index contributed by atoms with van der Waals surface area (Å²) in [5.41, 5.74) is 1.68. The van der Waals surface area contributed by atoms with E-state index >= 15 is 0 Å². The molecule has 0 radical (unpaired) electrons. The van der Waals surface area contributed by atoms with Crippen molar-refractivity contribution in [2.24, 2.45) is 5.92 Å². The molecule has 2 N–H and O–H groups in total. The molecule has 0 fully saturated rings. The van der Waals surface area contributed by atoms with Crippen LogP contribution in [0.5, 0.6) is 0 Å². The third-order valence-electron chi connectivity index (χ3n) is 2.43. The van der Waals surface area contributed by atoms with Crippen LogP contribution in [0.2, 0.25) is 0 Å². The molecule has 5 heteroatoms. The number of aryl methyl sites for hydroxylation is 1. The summed E-state index contributed by atoms with van der Waals surface area (Å²) in [6.45, 7) is 0.799. The fraction of sp³-hybridized carbons (Fsp3) is 0.500. The van der Waals surface area contributed by atoms with Crippen molar-refractivity contribution in [2.75, 3.05) is 0 Å². The number of rotatable bonds is 1. The van der Waals surface area contributed by atoms with Crippen molar-refractivity contribution >= 4 is 5.91 Å². The topological polar surface area (TPSA) is 67.2 Å². The van der Waals surface area contributed by atoms with Crippen LogP contribution < -0.4 is 5.48 Å². The van der Waals surface area contributed by atoms with Gasteiger partial charge in [-0.05, 0) is 6.42 Å². The number of carbonyl (C=O) groups excluding carboxylic acids is 1. The second kappa shape index (κ2) is 3.18. The molecule has 0 spiro atoms. The van der Waals surface area contributed by atoms with E-state index in [1.165, 1.54) is 0 Å². The number of nitrogens with zero attached hydrogens (tertiary/aromatic N) is 2. The summed E-state index contributed by atoms with van der Waals surface area (Å²) in [4.78, 5) is 15.2. The lowest BCUT2D eigenvalue weighted by Crippen LogP contribution is -2.33. The number of imidazole rings is 1. The van der Waals surface area contributed by atoms with Crippen LogP contribution in [-0.4, -0.2) is 20.7 Å². The summed E-state index contributed by atoms with van der Waals surface area (Å²) in [6, 6.07) is 0. The molecule has 0 saturated carbocycles. The fourth-order valence-corrected chi connectivity index (χ4v) is 1.67. The van der Waals surface area contributed by atoms with E-state index in [1.54, 1.807) is 11.7 Å². The molecule has 2 heterocycles. The van der Waals surface area contributed by atoms with Gasteiger partial charge < -0.3 is 4.57 Å². The molecule has 13 heavy (non-hydrogen) atoms. The van der Waals surface area contributed by atoms with Crippen molar-refractivity contribution in [2.45, 2.75) is 19.4 Å². The highest BCUT2D eigenvalue weighted by atomic mass is 16.5. The first-order chi connectivity index (χ1) is 6.31. The highest BCUT2D eigenvalue weighted by Crippen LogP contribution is 2.18. The summed E-state index contributed by atoms with van der Waals surface area (Å²) >= 11 is 0. The Morgan fingerprint density at radius 3 is 3.38 bits per heavy atom. The normalized spacial score (nSPS) is 20.8. The molecule has 0 aliphatic carbocycles. The van der Waals surface area contributed by atoms with Gasteiger partial charge >= 0.3 is 0 Å². The van der Waals surface area contributed by atoms with E-state index in [9.17, 15) is 4.79 Å². The summed E-state index contributed by atoms with van der Waals surface area (Å²) in [5.74, 6) is 0.467. The lowest BCUT2D eigenvalue weighted by atomic mass is 9.97. The Bertz CT molecular complexity index is 321. The Morgan fingerprint density at radius 1 is 1.77 bits per heavy atom. The molecule has 0 bridgehead atoms. The minimum absolute atomic E-state index is 0.139. The van der Waals surface area contributed by atoms with Crippen LogP contribution in [0, 0.1) is 5.92 Å². The predicted octanol–water partition coefficient (Wildman–Crippen LogP) is -0.0491. The number of carbonyl (C=O) groups is 1. The number of nitrogens with one attached hydrogen (secondary N) is 1. The maximum atomic E-state index is 11.1. The maximum Gasteiger partial charge on any atom is 0.246 e. The van der Waals surface area contributed by atoms with E-state index in [-0.39, 0.29) is 11.8 Å². The Balaban J connectivity index is 2.13. The first kappa shape index (κ1) is 8.25. The molecule has 0 saturated heterocycles. The first-order valence-corrected chi connectivity index (χ1v) is 4.25. The fourth-order valence-electron chi connectivity index (χ4n) is 1.67. The van der Waals surface area contributed by atoms with E-state index in [0.717, 1.165) is 18.8 Å². The average Bonchev–Trinajstić information content (AvgIpc) is 2.63. The highest BCUT2D eigenvalue weighted by molar-refractivity contribution is 5.77. The van der Waals surface area contributed by atoms with Crippen LogP contribution >= 0.6 is 0 Å². The molecule has 5 nitrogen and oxygen atoms in total. The first-order valence-electron chi connectivity index (χ1n) is 4.25. The Labute approximate surface area is 75.3 Å². The standard InChI is InChI=1S/C8H11N3O2/c12-8(10-13)6-1-3-11-4-2-9-7(11)5-6/h2,4,6,13H,1,3,5H2,(H,10,12). The van der Waals surface area contributed by atoms with Crippen molar-refractivity contribution in [1.82, 2.24) is 15.0 Å². The van der Waals surface area contributed by atoms with Crippen LogP contribution in [0.25, 0.3) is 0 Å². The lowest BCUT2D eigenvalue weighted by molar-refractivity contribution is -0.134. The zero-order valence-electron chi connectivity index (χ0n) is 7.10. The molecule has 1 amide bonds. The van der Waals surface area contributed by atoms with E-state index in [0.29, 0.717) is 6.42 Å². The minimum Gasteiger partial charge on any atom is -0.335 e. The van der Waals surface area contributed by atoms with E-state index < -0.39 is 0 Å². The van der Waals surface area contributed by atoms with Crippen LogP contribution in [0.15, 0.2) is 12.4 Å². The van der Waals surface area contributed by atoms with Gasteiger partial charge in [0.2, 0.25) is 5.91 Å². The van der Waals surface area contributed by atoms with E-state index in [4.69, 9.17) is 5.21 Å². The van der Waals surface area contributed by atoms with Gasteiger partial charge in [-0.1, -0.05) is 0 Å². The van der Waals surface area contributed by atoms with Gasteiger partial charge in [-0.3, -0.25) is 10.0 Å². The van der Waals surface area contributed by atoms with Gasteiger partial charge in [0.05, 0.1) is 0 Å². The number of hydrogen-bond acceptors (Lipinski definition) is 3. The van der Waals surface area contributed by atoms with E-state index in [1.807, 2.05) is 10.8 Å². The monoisotopic (exact) mass is 181 g/mol. The molecule has 1 aliphatic heterocycles. The maximum absolute atomic E-state index is 11.1. The predicted molar refractivity (Wildman–Crippen MR) is 44.0 cm³/mol. The number of hydrogen-bond donors (Lipinski definition) is 2. The molecule has 1 atom stereocenters. The van der Waals surface area contributed by atoms with Gasteiger partial charge in [0.1, 0.15) is 5.82 Å². The van der Waals surface area contributed by atoms with Gasteiger partial charge in [-0.25, -0.2) is 10.5 Å². The van der Waals surface area contributed by atoms with Gasteiger partial charge in [0.25, 0.3) is 0 Å². The van der Waals surface area contributed by atoms with Gasteiger partial charge in [0.15, 0.2) is 0 Å². The summed E-state index contributed by atoms with van der Waals surface area (Å²) in [6.07, 6.45) is 5.01. The largest absolute Gasteiger partial charge is 0.335 e. The van der Waals surface area contributed by atoms with Crippen molar-refractivity contribution in [3.8, 4) is 0 Å². The number of hydroxylamine groups is 1. The number of aromatic nitrogens is 2. The van der Waals surface area contributed by atoms with Crippen molar-refractivity contribution in [1.29, 1.82) is 0 Å². The van der Waals surface area contributed by atoms with Gasteiger partial charge in [-0.2, -0.15) is 0 Å². The van der Waals surface area contributed by atoms with E-state index in [2.05, 4.69) is 4.98 Å². The zero-order valence-corrected chi connectivity index (χ0v) is 7.10. The SMILES string of the molecule is O=C(NO)C1CCn2ccnc2C1. The Morgan fingerprint density at radius 2 is 2.62 bits per heavy atom. The van der Waals surface area contributed by atoms with Gasteiger partial charge in [-0.15, -0.1) is 0 Å². The number of fused-ring (bicyclic) bond motifs is 1. The van der Waals surface area contributed by atoms with Crippen LogP contribution in [-0.2, 0) is 17.8 Å². The smallest absolute Gasteiger partial charge is 0.246 e. The third-order valence-corrected chi connectivity index (χ3v) is 2.43. The highest BCUT2D eigenvalue weighted by Gasteiger charge is 2.24. The second-order valence-electron chi connectivity index (χ2n) is 3.20. The molecular formula is C8H11N3O2. The Kier molecular flexibility index (Phi) is 2.02. The molecule has 1 aromatic rings. The van der Waals surface area contributed by atoms with Gasteiger partial charge in [0, 0.05) is 31.3 Å². The second-order valence-corrected chi connectivity index (χ2v) is 3.20. The molecule has 1 unspecified atom stereocenters. The van der Waals surface area contributed by atoms with Crippen molar-refractivity contribution < 1.29 is 10.0 Å². The third kappa shape index (κ3) is 1.42. The zero-order chi connectivity index (χ0) is 9.26. The molecular weight excluding hydrogens is 170 g/mol. The molecule has 2 rings (SSSR count). The summed E-state index contributed by atoms with van der Waals surface area (Å²) < 4.78 is 2.03. The van der Waals surface area contributed by atoms with Crippen LogP contribution in [0.1, 0.15) is 12.2 Å². The molecule has 1 aromatic heterocycles. The Hall–Kier alpha value is -1.36. The molecule has 0 aromatic carbocycles. The molecule has 1 aliphatic rings. The van der Waals surface area contributed by atoms with Crippen LogP contribution in [0.3, 0.4) is 0 Å². The van der Waals surface area contributed by atoms with Crippen molar-refractivity contribution in [3.05, 3.63) is 18.2 Å². The summed E-state index contributed by atoms with van der Waals surface area (Å²) in [5, 5.41) is 8.46. The minimum atomic E-state index is -0.311. The molecule has 70 valence electrons. The summed E-state index contributed by atoms with van der Waals surface area (Å²) in [7, 11) is 0. The quantitative estimate of drug-likeness (QED) is 0.471.